The normalized spacial score (nSPS) is 25.4. The number of nitroso groups, excluding NO2 is 1. The molecule has 4 nitrogen and oxygen atoms in total. The van der Waals surface area contributed by atoms with Gasteiger partial charge in [0, 0.05) is 37.3 Å². The van der Waals surface area contributed by atoms with Gasteiger partial charge >= 0.3 is 0 Å². The third-order valence-electron chi connectivity index (χ3n) is 3.67. The summed E-state index contributed by atoms with van der Waals surface area (Å²) in [5.41, 5.74) is -0.160. The van der Waals surface area contributed by atoms with Gasteiger partial charge in [-0.3, -0.25) is 4.90 Å². The first-order chi connectivity index (χ1) is 8.17. The van der Waals surface area contributed by atoms with Crippen LogP contribution >= 0.6 is 0 Å². The van der Waals surface area contributed by atoms with Gasteiger partial charge in [-0.2, -0.15) is 0 Å². The Morgan fingerprint density at radius 1 is 1.22 bits per heavy atom. The molecule has 2 unspecified atom stereocenters. The average molecular weight is 256 g/mol. The summed E-state index contributed by atoms with van der Waals surface area (Å²) >= 11 is 0. The fourth-order valence-corrected chi connectivity index (χ4v) is 2.64. The molecule has 1 saturated carbocycles. The molecular formula is C12H14F2N2O2. The molecule has 6 heteroatoms. The minimum absolute atomic E-state index is 0. The molecule has 1 heterocycles. The van der Waals surface area contributed by atoms with Crippen molar-refractivity contribution in [2.24, 2.45) is 17.0 Å². The summed E-state index contributed by atoms with van der Waals surface area (Å²) < 4.78 is 27.2. The molecule has 0 spiro atoms. The lowest BCUT2D eigenvalue weighted by molar-refractivity contribution is 0.287. The first-order valence-electron chi connectivity index (χ1n) is 5.71. The van der Waals surface area contributed by atoms with Crippen LogP contribution in [0.15, 0.2) is 17.3 Å². The van der Waals surface area contributed by atoms with Gasteiger partial charge in [-0.15, -0.1) is 4.91 Å². The van der Waals surface area contributed by atoms with E-state index >= 15 is 0 Å². The molecule has 2 N–H and O–H groups in total. The van der Waals surface area contributed by atoms with Gasteiger partial charge in [0.05, 0.1) is 0 Å². The molecule has 0 bridgehead atoms. The maximum absolute atomic E-state index is 13.6. The highest BCUT2D eigenvalue weighted by molar-refractivity contribution is 5.40. The molecular weight excluding hydrogens is 242 g/mol. The number of hydrogen-bond donors (Lipinski definition) is 0. The van der Waals surface area contributed by atoms with Crippen LogP contribution in [0.5, 0.6) is 0 Å². The van der Waals surface area contributed by atoms with Crippen molar-refractivity contribution >= 4 is 5.69 Å². The van der Waals surface area contributed by atoms with Crippen molar-refractivity contribution < 1.29 is 14.3 Å². The Morgan fingerprint density at radius 3 is 2.28 bits per heavy atom. The maximum Gasteiger partial charge on any atom is 0.132 e. The van der Waals surface area contributed by atoms with Gasteiger partial charge in [-0.25, -0.2) is 8.78 Å². The molecule has 1 aromatic carbocycles. The minimum Gasteiger partial charge on any atom is -0.412 e. The Labute approximate surface area is 103 Å². The largest absolute Gasteiger partial charge is 0.412 e. The van der Waals surface area contributed by atoms with Gasteiger partial charge in [0.1, 0.15) is 17.3 Å². The van der Waals surface area contributed by atoms with Crippen LogP contribution in [0.1, 0.15) is 12.0 Å². The number of hydrogen-bond acceptors (Lipinski definition) is 3. The summed E-state index contributed by atoms with van der Waals surface area (Å²) in [4.78, 5) is 12.3. The van der Waals surface area contributed by atoms with Crippen molar-refractivity contribution in [3.63, 3.8) is 0 Å². The number of halogens is 2. The first-order valence-corrected chi connectivity index (χ1v) is 5.71. The number of nitrogens with zero attached hydrogens (tertiary/aromatic N) is 2. The predicted molar refractivity (Wildman–Crippen MR) is 62.3 cm³/mol. The van der Waals surface area contributed by atoms with Crippen LogP contribution in [0.25, 0.3) is 0 Å². The fourth-order valence-electron chi connectivity index (χ4n) is 2.64. The van der Waals surface area contributed by atoms with Crippen molar-refractivity contribution in [1.29, 1.82) is 0 Å². The Bertz CT molecular complexity index is 448. The topological polar surface area (TPSA) is 64.2 Å². The standard InChI is InChI=1S/C12H12F2N2O.H2O/c13-11-2-9(15-17)3-12(14)10(11)6-16-4-7-1-8(7)5-16;/h2-3,7-8H,1,4-6H2;1H2. The van der Waals surface area contributed by atoms with E-state index in [9.17, 15) is 13.7 Å². The Morgan fingerprint density at radius 2 is 1.78 bits per heavy atom. The highest BCUT2D eigenvalue weighted by Gasteiger charge is 2.44. The van der Waals surface area contributed by atoms with E-state index in [4.69, 9.17) is 0 Å². The van der Waals surface area contributed by atoms with Gasteiger partial charge in [-0.1, -0.05) is 0 Å². The van der Waals surface area contributed by atoms with E-state index in [0.717, 1.165) is 37.1 Å². The third kappa shape index (κ3) is 2.26. The summed E-state index contributed by atoms with van der Waals surface area (Å²) in [5.74, 6) is 0.106. The molecule has 1 aliphatic heterocycles. The van der Waals surface area contributed by atoms with Gasteiger partial charge in [0.2, 0.25) is 0 Å². The lowest BCUT2D eigenvalue weighted by Crippen LogP contribution is -2.23. The van der Waals surface area contributed by atoms with Crippen molar-refractivity contribution in [1.82, 2.24) is 4.90 Å². The van der Waals surface area contributed by atoms with Gasteiger partial charge < -0.3 is 5.48 Å². The van der Waals surface area contributed by atoms with E-state index in [1.165, 1.54) is 6.42 Å². The van der Waals surface area contributed by atoms with Crippen LogP contribution < -0.4 is 0 Å². The second-order valence-corrected chi connectivity index (χ2v) is 4.93. The lowest BCUT2D eigenvalue weighted by Gasteiger charge is -2.18. The lowest BCUT2D eigenvalue weighted by atomic mass is 10.1. The molecule has 1 aliphatic carbocycles. The first kappa shape index (κ1) is 13.0. The molecule has 18 heavy (non-hydrogen) atoms. The molecule has 0 aromatic heterocycles. The summed E-state index contributed by atoms with van der Waals surface area (Å²) in [6.45, 7) is 2.14. The second-order valence-electron chi connectivity index (χ2n) is 4.93. The SMILES string of the molecule is O.O=Nc1cc(F)c(CN2CC3CC3C2)c(F)c1. The van der Waals surface area contributed by atoms with Crippen LogP contribution in [0.4, 0.5) is 14.5 Å². The van der Waals surface area contributed by atoms with E-state index < -0.39 is 11.6 Å². The maximum atomic E-state index is 13.6. The summed E-state index contributed by atoms with van der Waals surface area (Å²) in [6.07, 6.45) is 1.26. The zero-order valence-electron chi connectivity index (χ0n) is 9.70. The van der Waals surface area contributed by atoms with Crippen molar-refractivity contribution in [2.75, 3.05) is 13.1 Å². The Hall–Kier alpha value is -1.40. The van der Waals surface area contributed by atoms with Crippen LogP contribution in [0.2, 0.25) is 0 Å². The summed E-state index contributed by atoms with van der Waals surface area (Å²) in [6, 6.07) is 1.98. The Balaban J connectivity index is 0.00000120. The fraction of sp³-hybridized carbons (Fsp3) is 0.500. The predicted octanol–water partition coefficient (Wildman–Crippen LogP) is 1.99. The number of likely N-dealkylation sites (tertiary alicyclic amines) is 1. The van der Waals surface area contributed by atoms with Gasteiger partial charge in [0.15, 0.2) is 0 Å². The second kappa shape index (κ2) is 4.70. The van der Waals surface area contributed by atoms with Crippen molar-refractivity contribution in [2.45, 2.75) is 13.0 Å². The van der Waals surface area contributed by atoms with E-state index in [1.54, 1.807) is 0 Å². The highest BCUT2D eigenvalue weighted by Crippen LogP contribution is 2.45. The van der Waals surface area contributed by atoms with Gasteiger partial charge in [-0.05, 0) is 23.4 Å². The van der Waals surface area contributed by atoms with E-state index in [1.807, 2.05) is 0 Å². The van der Waals surface area contributed by atoms with Crippen LogP contribution in [-0.2, 0) is 6.54 Å². The highest BCUT2D eigenvalue weighted by atomic mass is 19.1. The number of fused-ring (bicyclic) bond motifs is 1. The summed E-state index contributed by atoms with van der Waals surface area (Å²) in [7, 11) is 0. The van der Waals surface area contributed by atoms with E-state index in [2.05, 4.69) is 10.1 Å². The Kier molecular flexibility index (Phi) is 3.41. The molecule has 2 fully saturated rings. The number of rotatable bonds is 3. The monoisotopic (exact) mass is 256 g/mol. The van der Waals surface area contributed by atoms with Crippen molar-refractivity contribution in [3.8, 4) is 0 Å². The summed E-state index contributed by atoms with van der Waals surface area (Å²) in [5, 5.41) is 2.54. The molecule has 2 atom stereocenters. The third-order valence-corrected chi connectivity index (χ3v) is 3.67. The smallest absolute Gasteiger partial charge is 0.132 e. The number of benzene rings is 1. The van der Waals surface area contributed by atoms with Crippen molar-refractivity contribution in [3.05, 3.63) is 34.2 Å². The molecule has 2 aliphatic rings. The number of piperidine rings is 1. The molecule has 98 valence electrons. The van der Waals surface area contributed by atoms with E-state index in [-0.39, 0.29) is 23.3 Å². The molecule has 3 rings (SSSR count). The quantitative estimate of drug-likeness (QED) is 0.776. The molecule has 0 radical (unpaired) electrons. The molecule has 1 aromatic rings. The van der Waals surface area contributed by atoms with Crippen LogP contribution in [-0.4, -0.2) is 23.5 Å². The molecule has 0 amide bonds. The average Bonchev–Trinajstić information content (AvgIpc) is 2.91. The zero-order valence-corrected chi connectivity index (χ0v) is 9.70. The van der Waals surface area contributed by atoms with E-state index in [0.29, 0.717) is 0 Å². The minimum atomic E-state index is -0.680. The van der Waals surface area contributed by atoms with Crippen LogP contribution in [0.3, 0.4) is 0 Å². The molecule has 1 saturated heterocycles. The van der Waals surface area contributed by atoms with Gasteiger partial charge in [0.25, 0.3) is 0 Å². The zero-order chi connectivity index (χ0) is 12.0. The van der Waals surface area contributed by atoms with Crippen LogP contribution in [0, 0.1) is 28.4 Å².